The fourth-order valence-corrected chi connectivity index (χ4v) is 1.27. The Kier molecular flexibility index (Phi) is 3.74. The van der Waals surface area contributed by atoms with Gasteiger partial charge in [0.15, 0.2) is 0 Å². The smallest absolute Gasteiger partial charge is 0.304 e. The van der Waals surface area contributed by atoms with Gasteiger partial charge in [0.2, 0.25) is 0 Å². The maximum Gasteiger partial charge on any atom is 0.304 e. The van der Waals surface area contributed by atoms with Crippen LogP contribution in [0.25, 0.3) is 0 Å². The first kappa shape index (κ1) is 11.6. The predicted octanol–water partition coefficient (Wildman–Crippen LogP) is 1.31. The minimum absolute atomic E-state index is 0.0818. The van der Waals surface area contributed by atoms with E-state index in [1.807, 2.05) is 0 Å². The standard InChI is InChI=1S/C10H11F2NO2/c11-7-2-1-6(9(12)4-7)3-8(13)5-10(14)15/h1-2,4,8H,3,5,13H2,(H,14,15). The Hall–Kier alpha value is -1.49. The second kappa shape index (κ2) is 4.84. The van der Waals surface area contributed by atoms with Crippen molar-refractivity contribution in [3.8, 4) is 0 Å². The van der Waals surface area contributed by atoms with Crippen LogP contribution >= 0.6 is 0 Å². The van der Waals surface area contributed by atoms with Crippen molar-refractivity contribution in [2.75, 3.05) is 0 Å². The molecule has 15 heavy (non-hydrogen) atoms. The normalized spacial score (nSPS) is 12.5. The van der Waals surface area contributed by atoms with Gasteiger partial charge in [-0.1, -0.05) is 6.07 Å². The molecular formula is C10H11F2NO2. The molecule has 0 saturated heterocycles. The van der Waals surface area contributed by atoms with E-state index >= 15 is 0 Å². The Bertz CT molecular complexity index is 368. The molecule has 0 aliphatic carbocycles. The lowest BCUT2D eigenvalue weighted by molar-refractivity contribution is -0.137. The number of aliphatic carboxylic acids is 1. The van der Waals surface area contributed by atoms with Gasteiger partial charge in [-0.25, -0.2) is 8.78 Å². The third-order valence-corrected chi connectivity index (χ3v) is 1.93. The Morgan fingerprint density at radius 1 is 1.47 bits per heavy atom. The highest BCUT2D eigenvalue weighted by atomic mass is 19.1. The molecule has 1 rings (SSSR count). The maximum atomic E-state index is 13.1. The maximum absolute atomic E-state index is 13.1. The molecule has 0 aromatic heterocycles. The van der Waals surface area contributed by atoms with Crippen molar-refractivity contribution in [1.29, 1.82) is 0 Å². The highest BCUT2D eigenvalue weighted by Gasteiger charge is 2.12. The van der Waals surface area contributed by atoms with Crippen LogP contribution in [0.1, 0.15) is 12.0 Å². The molecule has 3 nitrogen and oxygen atoms in total. The zero-order valence-electron chi connectivity index (χ0n) is 7.91. The minimum atomic E-state index is -1.04. The third kappa shape index (κ3) is 3.63. The second-order valence-corrected chi connectivity index (χ2v) is 3.30. The lowest BCUT2D eigenvalue weighted by Gasteiger charge is -2.09. The number of hydrogen-bond donors (Lipinski definition) is 2. The van der Waals surface area contributed by atoms with E-state index in [-0.39, 0.29) is 18.4 Å². The van der Waals surface area contributed by atoms with Crippen LogP contribution in [0.3, 0.4) is 0 Å². The molecule has 0 fully saturated rings. The fourth-order valence-electron chi connectivity index (χ4n) is 1.27. The molecule has 3 N–H and O–H groups in total. The van der Waals surface area contributed by atoms with Crippen molar-refractivity contribution in [2.24, 2.45) is 5.73 Å². The highest BCUT2D eigenvalue weighted by molar-refractivity contribution is 5.67. The molecule has 0 spiro atoms. The first-order valence-corrected chi connectivity index (χ1v) is 4.40. The minimum Gasteiger partial charge on any atom is -0.481 e. The third-order valence-electron chi connectivity index (χ3n) is 1.93. The van der Waals surface area contributed by atoms with Crippen LogP contribution in [0, 0.1) is 11.6 Å². The van der Waals surface area contributed by atoms with E-state index in [0.717, 1.165) is 12.1 Å². The summed E-state index contributed by atoms with van der Waals surface area (Å²) in [4.78, 5) is 10.3. The Labute approximate surface area is 85.5 Å². The first-order chi connectivity index (χ1) is 6.99. The Balaban J connectivity index is 2.68. The number of nitrogens with two attached hydrogens (primary N) is 1. The fraction of sp³-hybridized carbons (Fsp3) is 0.300. The monoisotopic (exact) mass is 215 g/mol. The molecular weight excluding hydrogens is 204 g/mol. The molecule has 0 heterocycles. The summed E-state index contributed by atoms with van der Waals surface area (Å²) in [7, 11) is 0. The summed E-state index contributed by atoms with van der Waals surface area (Å²) >= 11 is 0. The Morgan fingerprint density at radius 3 is 2.67 bits per heavy atom. The van der Waals surface area contributed by atoms with Gasteiger partial charge in [-0.05, 0) is 18.1 Å². The molecule has 1 aromatic carbocycles. The van der Waals surface area contributed by atoms with Crippen molar-refractivity contribution in [1.82, 2.24) is 0 Å². The zero-order valence-corrected chi connectivity index (χ0v) is 7.91. The van der Waals surface area contributed by atoms with E-state index in [2.05, 4.69) is 0 Å². The van der Waals surface area contributed by atoms with E-state index in [1.165, 1.54) is 6.07 Å². The Morgan fingerprint density at radius 2 is 2.13 bits per heavy atom. The van der Waals surface area contributed by atoms with Crippen molar-refractivity contribution in [2.45, 2.75) is 18.9 Å². The summed E-state index contributed by atoms with van der Waals surface area (Å²) in [6.07, 6.45) is -0.158. The van der Waals surface area contributed by atoms with Gasteiger partial charge in [0.05, 0.1) is 6.42 Å². The number of benzene rings is 1. The van der Waals surface area contributed by atoms with Crippen LogP contribution in [0.15, 0.2) is 18.2 Å². The van der Waals surface area contributed by atoms with E-state index in [1.54, 1.807) is 0 Å². The van der Waals surface area contributed by atoms with Gasteiger partial charge in [-0.3, -0.25) is 4.79 Å². The van der Waals surface area contributed by atoms with Crippen LogP contribution in [0.5, 0.6) is 0 Å². The highest BCUT2D eigenvalue weighted by Crippen LogP contribution is 2.12. The molecule has 0 saturated carbocycles. The molecule has 0 radical (unpaired) electrons. The summed E-state index contributed by atoms with van der Waals surface area (Å²) < 4.78 is 25.6. The van der Waals surface area contributed by atoms with Crippen LogP contribution in [0.4, 0.5) is 8.78 Å². The van der Waals surface area contributed by atoms with Crippen LogP contribution in [-0.2, 0) is 11.2 Å². The van der Waals surface area contributed by atoms with Crippen molar-refractivity contribution >= 4 is 5.97 Å². The van der Waals surface area contributed by atoms with Crippen molar-refractivity contribution in [3.05, 3.63) is 35.4 Å². The molecule has 0 bridgehead atoms. The van der Waals surface area contributed by atoms with E-state index < -0.39 is 23.6 Å². The van der Waals surface area contributed by atoms with Gasteiger partial charge in [0, 0.05) is 12.1 Å². The van der Waals surface area contributed by atoms with Crippen LogP contribution < -0.4 is 5.73 Å². The molecule has 1 atom stereocenters. The van der Waals surface area contributed by atoms with Gasteiger partial charge in [0.1, 0.15) is 11.6 Å². The molecule has 5 heteroatoms. The number of rotatable bonds is 4. The number of carboxylic acids is 1. The topological polar surface area (TPSA) is 63.3 Å². The number of carbonyl (C=O) groups is 1. The van der Waals surface area contributed by atoms with Gasteiger partial charge in [-0.15, -0.1) is 0 Å². The van der Waals surface area contributed by atoms with Gasteiger partial charge >= 0.3 is 5.97 Å². The van der Waals surface area contributed by atoms with Gasteiger partial charge < -0.3 is 10.8 Å². The van der Waals surface area contributed by atoms with E-state index in [9.17, 15) is 13.6 Å². The molecule has 82 valence electrons. The summed E-state index contributed by atoms with van der Waals surface area (Å²) in [6, 6.07) is 2.48. The summed E-state index contributed by atoms with van der Waals surface area (Å²) in [5.74, 6) is -2.40. The predicted molar refractivity (Wildman–Crippen MR) is 50.3 cm³/mol. The molecule has 0 aliphatic rings. The zero-order chi connectivity index (χ0) is 11.4. The molecule has 0 amide bonds. The van der Waals surface area contributed by atoms with E-state index in [4.69, 9.17) is 10.8 Å². The quantitative estimate of drug-likeness (QED) is 0.795. The van der Waals surface area contributed by atoms with Crippen molar-refractivity contribution < 1.29 is 18.7 Å². The number of carboxylic acid groups (broad SMARTS) is 1. The molecule has 1 aromatic rings. The summed E-state index contributed by atoms with van der Waals surface area (Å²) in [5, 5.41) is 8.44. The van der Waals surface area contributed by atoms with Gasteiger partial charge in [0.25, 0.3) is 0 Å². The average Bonchev–Trinajstić information content (AvgIpc) is 2.08. The first-order valence-electron chi connectivity index (χ1n) is 4.40. The largest absolute Gasteiger partial charge is 0.481 e. The lowest BCUT2D eigenvalue weighted by atomic mass is 10.0. The molecule has 1 unspecified atom stereocenters. The van der Waals surface area contributed by atoms with Crippen molar-refractivity contribution in [3.63, 3.8) is 0 Å². The van der Waals surface area contributed by atoms with E-state index in [0.29, 0.717) is 0 Å². The van der Waals surface area contributed by atoms with Crippen LogP contribution in [-0.4, -0.2) is 17.1 Å². The number of hydrogen-bond acceptors (Lipinski definition) is 2. The average molecular weight is 215 g/mol. The lowest BCUT2D eigenvalue weighted by Crippen LogP contribution is -2.26. The number of halogens is 2. The van der Waals surface area contributed by atoms with Crippen LogP contribution in [0.2, 0.25) is 0 Å². The SMILES string of the molecule is NC(CC(=O)O)Cc1ccc(F)cc1F. The second-order valence-electron chi connectivity index (χ2n) is 3.30. The summed E-state index contributed by atoms with van der Waals surface area (Å²) in [5.41, 5.74) is 5.70. The van der Waals surface area contributed by atoms with Gasteiger partial charge in [-0.2, -0.15) is 0 Å². The molecule has 0 aliphatic heterocycles. The summed E-state index contributed by atoms with van der Waals surface area (Å²) in [6.45, 7) is 0.